The zero-order valence-corrected chi connectivity index (χ0v) is 6.07. The Hall–Kier alpha value is -1.65. The summed E-state index contributed by atoms with van der Waals surface area (Å²) >= 11 is 0. The Morgan fingerprint density at radius 2 is 2.45 bits per heavy atom. The highest BCUT2D eigenvalue weighted by molar-refractivity contribution is 5.24. The van der Waals surface area contributed by atoms with Crippen LogP contribution in [0, 0.1) is 12.3 Å². The van der Waals surface area contributed by atoms with Gasteiger partial charge in [0.1, 0.15) is 0 Å². The molecule has 0 saturated heterocycles. The van der Waals surface area contributed by atoms with Gasteiger partial charge in [0.15, 0.2) is 0 Å². The molecule has 0 aliphatic carbocycles. The first-order valence-corrected chi connectivity index (χ1v) is 2.96. The van der Waals surface area contributed by atoms with Crippen molar-refractivity contribution in [2.75, 3.05) is 0 Å². The number of rotatable bonds is 1. The van der Waals surface area contributed by atoms with E-state index in [0.29, 0.717) is 5.69 Å². The number of hydrogen-bond donors (Lipinski definition) is 2. The lowest BCUT2D eigenvalue weighted by molar-refractivity contribution is 0.413. The first-order chi connectivity index (χ1) is 5.15. The second kappa shape index (κ2) is 2.53. The molecule has 1 rings (SSSR count). The minimum absolute atomic E-state index is 0.127. The van der Waals surface area contributed by atoms with Crippen LogP contribution in [-0.4, -0.2) is 21.5 Å². The van der Waals surface area contributed by atoms with Crippen LogP contribution < -0.4 is 5.62 Å². The van der Waals surface area contributed by atoms with Crippen molar-refractivity contribution in [2.45, 2.75) is 6.92 Å². The van der Waals surface area contributed by atoms with Gasteiger partial charge in [-0.05, 0) is 6.92 Å². The van der Waals surface area contributed by atoms with Gasteiger partial charge in [-0.15, -0.1) is 0 Å². The number of aromatic nitrogens is 2. The zero-order valence-electron chi connectivity index (χ0n) is 6.07. The number of aryl methyl sites for hydroxylation is 1. The van der Waals surface area contributed by atoms with Gasteiger partial charge in [0, 0.05) is 18.5 Å². The lowest BCUT2D eigenvalue weighted by Gasteiger charge is -2.00. The normalized spacial score (nSPS) is 9.55. The molecular weight excluding hydrogens is 144 g/mol. The summed E-state index contributed by atoms with van der Waals surface area (Å²) < 4.78 is 0.938. The third kappa shape index (κ3) is 1.26. The molecule has 0 saturated carbocycles. The van der Waals surface area contributed by atoms with Crippen molar-refractivity contribution in [3.05, 3.63) is 17.4 Å². The SMILES string of the molecule is C=Nn1c(O)cc(C)nc1=N. The van der Waals surface area contributed by atoms with Crippen molar-refractivity contribution >= 4 is 6.72 Å². The Morgan fingerprint density at radius 3 is 2.91 bits per heavy atom. The minimum Gasteiger partial charge on any atom is -0.493 e. The van der Waals surface area contributed by atoms with Gasteiger partial charge in [-0.3, -0.25) is 5.41 Å². The largest absolute Gasteiger partial charge is 0.493 e. The highest BCUT2D eigenvalue weighted by Crippen LogP contribution is 2.04. The molecule has 11 heavy (non-hydrogen) atoms. The predicted molar refractivity (Wildman–Crippen MR) is 39.4 cm³/mol. The molecule has 0 unspecified atom stereocenters. The van der Waals surface area contributed by atoms with E-state index in [1.165, 1.54) is 6.07 Å². The first kappa shape index (κ1) is 7.46. The van der Waals surface area contributed by atoms with Crippen molar-refractivity contribution in [2.24, 2.45) is 5.10 Å². The third-order valence-electron chi connectivity index (χ3n) is 1.18. The molecule has 0 radical (unpaired) electrons. The van der Waals surface area contributed by atoms with Gasteiger partial charge < -0.3 is 5.11 Å². The topological polar surface area (TPSA) is 74.3 Å². The van der Waals surface area contributed by atoms with Gasteiger partial charge >= 0.3 is 0 Å². The van der Waals surface area contributed by atoms with Crippen LogP contribution in [0.1, 0.15) is 5.69 Å². The molecule has 1 aromatic heterocycles. The van der Waals surface area contributed by atoms with E-state index in [9.17, 15) is 0 Å². The summed E-state index contributed by atoms with van der Waals surface area (Å²) in [5, 5.41) is 19.7. The van der Waals surface area contributed by atoms with Crippen LogP contribution in [0.4, 0.5) is 0 Å². The van der Waals surface area contributed by atoms with Crippen molar-refractivity contribution in [3.8, 4) is 5.88 Å². The molecule has 0 amide bonds. The molecule has 2 N–H and O–H groups in total. The van der Waals surface area contributed by atoms with E-state index >= 15 is 0 Å². The molecule has 1 heterocycles. The second-order valence-corrected chi connectivity index (χ2v) is 2.03. The summed E-state index contributed by atoms with van der Waals surface area (Å²) in [6.45, 7) is 4.86. The van der Waals surface area contributed by atoms with Crippen molar-refractivity contribution in [1.29, 1.82) is 5.41 Å². The summed E-state index contributed by atoms with van der Waals surface area (Å²) in [5.74, 6) is -0.127. The monoisotopic (exact) mass is 152 g/mol. The molecule has 0 aromatic carbocycles. The minimum atomic E-state index is -0.127. The van der Waals surface area contributed by atoms with E-state index < -0.39 is 0 Å². The van der Waals surface area contributed by atoms with Gasteiger partial charge in [0.25, 0.3) is 0 Å². The average molecular weight is 152 g/mol. The van der Waals surface area contributed by atoms with Crippen LogP contribution in [0.2, 0.25) is 0 Å². The van der Waals surface area contributed by atoms with Crippen LogP contribution in [0.3, 0.4) is 0 Å². The summed E-state index contributed by atoms with van der Waals surface area (Å²) in [5.41, 5.74) is 0.449. The maximum absolute atomic E-state index is 9.14. The Kier molecular flexibility index (Phi) is 1.72. The lowest BCUT2D eigenvalue weighted by atomic mass is 10.4. The standard InChI is InChI=1S/C6H8N4O/c1-4-3-5(11)10(8-2)6(7)9-4/h3,7,11H,2H2,1H3. The van der Waals surface area contributed by atoms with Crippen molar-refractivity contribution < 1.29 is 5.11 Å². The molecule has 0 fully saturated rings. The Morgan fingerprint density at radius 1 is 1.82 bits per heavy atom. The number of aromatic hydroxyl groups is 1. The molecular formula is C6H8N4O. The average Bonchev–Trinajstić information content (AvgIpc) is 1.85. The summed E-state index contributed by atoms with van der Waals surface area (Å²) in [6.07, 6.45) is 0. The van der Waals surface area contributed by atoms with Gasteiger partial charge in [-0.25, -0.2) is 4.98 Å². The van der Waals surface area contributed by atoms with Crippen molar-refractivity contribution in [3.63, 3.8) is 0 Å². The quantitative estimate of drug-likeness (QED) is 0.549. The van der Waals surface area contributed by atoms with Crippen LogP contribution in [0.5, 0.6) is 5.88 Å². The fourth-order valence-electron chi connectivity index (χ4n) is 0.743. The molecule has 58 valence electrons. The van der Waals surface area contributed by atoms with E-state index in [1.807, 2.05) is 0 Å². The fraction of sp³-hybridized carbons (Fsp3) is 0.167. The Balaban J connectivity index is 3.49. The van der Waals surface area contributed by atoms with Gasteiger partial charge in [-0.2, -0.15) is 9.78 Å². The van der Waals surface area contributed by atoms with E-state index in [-0.39, 0.29) is 11.5 Å². The molecule has 0 spiro atoms. The highest BCUT2D eigenvalue weighted by atomic mass is 16.3. The molecule has 5 nitrogen and oxygen atoms in total. The van der Waals surface area contributed by atoms with E-state index in [0.717, 1.165) is 4.68 Å². The Labute approximate surface area is 63.2 Å². The summed E-state index contributed by atoms with van der Waals surface area (Å²) in [7, 11) is 0. The maximum Gasteiger partial charge on any atom is 0.246 e. The van der Waals surface area contributed by atoms with Gasteiger partial charge in [0.2, 0.25) is 11.5 Å². The van der Waals surface area contributed by atoms with Crippen LogP contribution in [-0.2, 0) is 0 Å². The predicted octanol–water partition coefficient (Wildman–Crippen LogP) is -0.160. The fourth-order valence-corrected chi connectivity index (χ4v) is 0.743. The second-order valence-electron chi connectivity index (χ2n) is 2.03. The van der Waals surface area contributed by atoms with E-state index in [4.69, 9.17) is 10.5 Å². The number of nitrogens with one attached hydrogen (secondary N) is 1. The maximum atomic E-state index is 9.14. The van der Waals surface area contributed by atoms with Gasteiger partial charge in [-0.1, -0.05) is 0 Å². The summed E-state index contributed by atoms with van der Waals surface area (Å²) in [6, 6.07) is 1.41. The molecule has 1 aromatic rings. The van der Waals surface area contributed by atoms with Crippen LogP contribution in [0.25, 0.3) is 0 Å². The zero-order chi connectivity index (χ0) is 8.43. The first-order valence-electron chi connectivity index (χ1n) is 2.96. The molecule has 0 aliphatic heterocycles. The third-order valence-corrected chi connectivity index (χ3v) is 1.18. The molecule has 5 heteroatoms. The van der Waals surface area contributed by atoms with Crippen molar-refractivity contribution in [1.82, 2.24) is 9.66 Å². The summed E-state index contributed by atoms with van der Waals surface area (Å²) in [4.78, 5) is 3.74. The van der Waals surface area contributed by atoms with E-state index in [2.05, 4.69) is 16.8 Å². The number of nitrogens with zero attached hydrogens (tertiary/aromatic N) is 3. The highest BCUT2D eigenvalue weighted by Gasteiger charge is 1.98. The molecule has 0 aliphatic rings. The van der Waals surface area contributed by atoms with Gasteiger partial charge in [0.05, 0.1) is 0 Å². The number of hydrogen-bond acceptors (Lipinski definition) is 4. The smallest absolute Gasteiger partial charge is 0.246 e. The molecule has 0 atom stereocenters. The lowest BCUT2D eigenvalue weighted by Crippen LogP contribution is -2.19. The molecule has 0 bridgehead atoms. The van der Waals surface area contributed by atoms with Crippen LogP contribution >= 0.6 is 0 Å². The van der Waals surface area contributed by atoms with Crippen LogP contribution in [0.15, 0.2) is 11.2 Å². The van der Waals surface area contributed by atoms with E-state index in [1.54, 1.807) is 6.92 Å². The Bertz CT molecular complexity index is 341.